The van der Waals surface area contributed by atoms with Gasteiger partial charge in [-0.1, -0.05) is 60.7 Å². The lowest BCUT2D eigenvalue weighted by atomic mass is 10.1. The molecule has 0 saturated heterocycles. The molecule has 0 radical (unpaired) electrons. The van der Waals surface area contributed by atoms with Gasteiger partial charge in [-0.2, -0.15) is 5.10 Å². The smallest absolute Gasteiger partial charge is 0.260 e. The van der Waals surface area contributed by atoms with Gasteiger partial charge in [0.15, 0.2) is 6.61 Å². The Morgan fingerprint density at radius 3 is 2.42 bits per heavy atom. The summed E-state index contributed by atoms with van der Waals surface area (Å²) in [7, 11) is 1.80. The predicted molar refractivity (Wildman–Crippen MR) is 120 cm³/mol. The number of benzene rings is 3. The molecule has 0 aliphatic carbocycles. The van der Waals surface area contributed by atoms with Crippen LogP contribution in [0.15, 0.2) is 91.5 Å². The van der Waals surface area contributed by atoms with Crippen LogP contribution in [-0.2, 0) is 4.79 Å². The van der Waals surface area contributed by atoms with Gasteiger partial charge in [0.25, 0.3) is 5.91 Å². The first-order valence-electron chi connectivity index (χ1n) is 10.1. The maximum absolute atomic E-state index is 12.8. The molecule has 0 fully saturated rings. The van der Waals surface area contributed by atoms with Crippen molar-refractivity contribution in [2.75, 3.05) is 13.7 Å². The summed E-state index contributed by atoms with van der Waals surface area (Å²) in [5.41, 5.74) is 3.97. The van der Waals surface area contributed by atoms with E-state index in [1.54, 1.807) is 23.0 Å². The fourth-order valence-corrected chi connectivity index (χ4v) is 3.38. The zero-order valence-corrected chi connectivity index (χ0v) is 17.6. The van der Waals surface area contributed by atoms with Crippen molar-refractivity contribution in [3.63, 3.8) is 0 Å². The number of likely N-dealkylation sites (N-methyl/N-ethyl adjacent to an activating group) is 1. The zero-order chi connectivity index (χ0) is 21.6. The van der Waals surface area contributed by atoms with Gasteiger partial charge in [0.05, 0.1) is 11.7 Å². The van der Waals surface area contributed by atoms with Crippen molar-refractivity contribution in [3.8, 4) is 22.6 Å². The van der Waals surface area contributed by atoms with Crippen molar-refractivity contribution in [1.29, 1.82) is 0 Å². The average molecular weight is 412 g/mol. The highest BCUT2D eigenvalue weighted by Gasteiger charge is 2.18. The van der Waals surface area contributed by atoms with Gasteiger partial charge >= 0.3 is 0 Å². The Morgan fingerprint density at radius 2 is 1.71 bits per heavy atom. The van der Waals surface area contributed by atoms with Crippen LogP contribution in [-0.4, -0.2) is 39.2 Å². The fraction of sp³-hybridized carbons (Fsp3) is 0.160. The van der Waals surface area contributed by atoms with E-state index >= 15 is 0 Å². The third-order valence-corrected chi connectivity index (χ3v) is 5.36. The number of hydrogen-bond donors (Lipinski definition) is 0. The van der Waals surface area contributed by atoms with Crippen molar-refractivity contribution in [2.45, 2.75) is 13.0 Å². The van der Waals surface area contributed by atoms with E-state index in [9.17, 15) is 4.79 Å². The van der Waals surface area contributed by atoms with Crippen LogP contribution in [0.3, 0.4) is 0 Å². The zero-order valence-electron chi connectivity index (χ0n) is 17.6. The number of para-hydroxylation sites is 1. The highest BCUT2D eigenvalue weighted by Crippen LogP contribution is 2.29. The molecule has 0 aliphatic heterocycles. The minimum absolute atomic E-state index is 0.0261. The number of nitrogens with zero attached hydrogens (tertiary/aromatic N) is 4. The second-order valence-corrected chi connectivity index (χ2v) is 7.26. The molecule has 31 heavy (non-hydrogen) atoms. The number of amides is 1. The van der Waals surface area contributed by atoms with Gasteiger partial charge in [0.1, 0.15) is 18.4 Å². The van der Waals surface area contributed by atoms with E-state index in [-0.39, 0.29) is 18.6 Å². The molecule has 1 aromatic heterocycles. The maximum atomic E-state index is 12.8. The maximum Gasteiger partial charge on any atom is 0.260 e. The first-order chi connectivity index (χ1) is 15.1. The molecule has 4 rings (SSSR count). The van der Waals surface area contributed by atoms with Crippen LogP contribution in [0.1, 0.15) is 18.5 Å². The molecule has 0 unspecified atom stereocenters. The quantitative estimate of drug-likeness (QED) is 0.447. The van der Waals surface area contributed by atoms with E-state index in [0.29, 0.717) is 5.75 Å². The molecule has 0 aliphatic rings. The first kappa shape index (κ1) is 20.3. The van der Waals surface area contributed by atoms with Crippen molar-refractivity contribution >= 4 is 5.91 Å². The monoisotopic (exact) mass is 412 g/mol. The Balaban J connectivity index is 1.41. The van der Waals surface area contributed by atoms with E-state index in [1.165, 1.54) is 6.33 Å². The third kappa shape index (κ3) is 4.64. The molecule has 6 heteroatoms. The SMILES string of the molecule is C[C@@H](c1ccc(-n2cncn2)cc1)N(C)C(=O)COc1ccccc1-c1ccccc1. The molecule has 0 spiro atoms. The van der Waals surface area contributed by atoms with Gasteiger partial charge in [0.2, 0.25) is 0 Å². The summed E-state index contributed by atoms with van der Waals surface area (Å²) in [6, 6.07) is 25.6. The van der Waals surface area contributed by atoms with Crippen LogP contribution < -0.4 is 4.74 Å². The van der Waals surface area contributed by atoms with Crippen molar-refractivity contribution in [3.05, 3.63) is 97.1 Å². The van der Waals surface area contributed by atoms with Gasteiger partial charge in [-0.3, -0.25) is 4.79 Å². The van der Waals surface area contributed by atoms with Crippen molar-refractivity contribution in [1.82, 2.24) is 19.7 Å². The molecule has 1 heterocycles. The molecule has 0 N–H and O–H groups in total. The van der Waals surface area contributed by atoms with Crippen LogP contribution >= 0.6 is 0 Å². The Bertz CT molecular complexity index is 1130. The molecule has 0 saturated carbocycles. The van der Waals surface area contributed by atoms with E-state index in [2.05, 4.69) is 10.1 Å². The molecule has 3 aromatic carbocycles. The summed E-state index contributed by atoms with van der Waals surface area (Å²) in [6.45, 7) is 1.97. The molecule has 6 nitrogen and oxygen atoms in total. The molecule has 4 aromatic rings. The lowest BCUT2D eigenvalue weighted by Gasteiger charge is -2.25. The minimum Gasteiger partial charge on any atom is -0.483 e. The Morgan fingerprint density at radius 1 is 1.00 bits per heavy atom. The highest BCUT2D eigenvalue weighted by molar-refractivity contribution is 5.78. The lowest BCUT2D eigenvalue weighted by molar-refractivity contribution is -0.133. The second-order valence-electron chi connectivity index (χ2n) is 7.26. The number of ether oxygens (including phenoxy) is 1. The van der Waals surface area contributed by atoms with Crippen LogP contribution in [0.2, 0.25) is 0 Å². The van der Waals surface area contributed by atoms with E-state index in [4.69, 9.17) is 4.74 Å². The standard InChI is InChI=1S/C25H24N4O2/c1-19(20-12-14-22(15-13-20)29-18-26-17-27-29)28(2)25(30)16-31-24-11-7-6-10-23(24)21-8-4-3-5-9-21/h3-15,17-19H,16H2,1-2H3/t19-/m0/s1. The summed E-state index contributed by atoms with van der Waals surface area (Å²) in [5.74, 6) is 0.607. The number of carbonyl (C=O) groups is 1. The normalized spacial score (nSPS) is 11.7. The minimum atomic E-state index is -0.0923. The molecule has 1 amide bonds. The van der Waals surface area contributed by atoms with E-state index < -0.39 is 0 Å². The third-order valence-electron chi connectivity index (χ3n) is 5.36. The Kier molecular flexibility index (Phi) is 6.08. The van der Waals surface area contributed by atoms with Gasteiger partial charge in [-0.25, -0.2) is 9.67 Å². The second kappa shape index (κ2) is 9.26. The Hall–Kier alpha value is -3.93. The van der Waals surface area contributed by atoms with Crippen LogP contribution in [0.5, 0.6) is 5.75 Å². The van der Waals surface area contributed by atoms with Crippen LogP contribution in [0.4, 0.5) is 0 Å². The van der Waals surface area contributed by atoms with Gasteiger partial charge in [-0.15, -0.1) is 0 Å². The Labute approximate surface area is 181 Å². The number of rotatable bonds is 7. The average Bonchev–Trinajstić information content (AvgIpc) is 3.37. The summed E-state index contributed by atoms with van der Waals surface area (Å²) >= 11 is 0. The van der Waals surface area contributed by atoms with Crippen molar-refractivity contribution < 1.29 is 9.53 Å². The number of carbonyl (C=O) groups excluding carboxylic acids is 1. The molecular formula is C25H24N4O2. The molecule has 156 valence electrons. The molecule has 1 atom stereocenters. The number of aromatic nitrogens is 3. The topological polar surface area (TPSA) is 60.2 Å². The van der Waals surface area contributed by atoms with Gasteiger partial charge < -0.3 is 9.64 Å². The lowest BCUT2D eigenvalue weighted by Crippen LogP contribution is -2.33. The predicted octanol–water partition coefficient (Wildman–Crippen LogP) is 4.53. The first-order valence-corrected chi connectivity index (χ1v) is 10.1. The van der Waals surface area contributed by atoms with E-state index in [0.717, 1.165) is 22.4 Å². The van der Waals surface area contributed by atoms with Gasteiger partial charge in [-0.05, 0) is 36.2 Å². The summed E-state index contributed by atoms with van der Waals surface area (Å²) in [5, 5.41) is 4.13. The fourth-order valence-electron chi connectivity index (χ4n) is 3.38. The molecular weight excluding hydrogens is 388 g/mol. The van der Waals surface area contributed by atoms with E-state index in [1.807, 2.05) is 85.8 Å². The molecule has 0 bridgehead atoms. The van der Waals surface area contributed by atoms with Gasteiger partial charge in [0, 0.05) is 12.6 Å². The van der Waals surface area contributed by atoms with Crippen LogP contribution in [0.25, 0.3) is 16.8 Å². The summed E-state index contributed by atoms with van der Waals surface area (Å²) in [4.78, 5) is 18.5. The summed E-state index contributed by atoms with van der Waals surface area (Å²) < 4.78 is 7.61. The summed E-state index contributed by atoms with van der Waals surface area (Å²) in [6.07, 6.45) is 3.15. The highest BCUT2D eigenvalue weighted by atomic mass is 16.5. The number of hydrogen-bond acceptors (Lipinski definition) is 4. The van der Waals surface area contributed by atoms with Crippen molar-refractivity contribution in [2.24, 2.45) is 0 Å². The largest absolute Gasteiger partial charge is 0.483 e. The van der Waals surface area contributed by atoms with Crippen LogP contribution in [0, 0.1) is 0 Å².